The third kappa shape index (κ3) is 2.93. The number of anilines is 1. The smallest absolute Gasteiger partial charge is 0.337 e. The zero-order chi connectivity index (χ0) is 14.9. The summed E-state index contributed by atoms with van der Waals surface area (Å²) in [4.78, 5) is 22.9. The molecule has 1 saturated heterocycles. The van der Waals surface area contributed by atoms with E-state index in [1.165, 1.54) is 0 Å². The van der Waals surface area contributed by atoms with Gasteiger partial charge in [-0.1, -0.05) is 0 Å². The highest BCUT2D eigenvalue weighted by atomic mass is 19.2. The molecule has 0 radical (unpaired) electrons. The van der Waals surface area contributed by atoms with Crippen molar-refractivity contribution in [3.8, 4) is 0 Å². The van der Waals surface area contributed by atoms with Gasteiger partial charge in [-0.2, -0.15) is 0 Å². The first-order valence-electron chi connectivity index (χ1n) is 6.07. The Kier molecular flexibility index (Phi) is 3.99. The fraction of sp³-hybridized carbons (Fsp3) is 0.385. The van der Waals surface area contributed by atoms with Gasteiger partial charge >= 0.3 is 5.97 Å². The first-order chi connectivity index (χ1) is 9.38. The maximum absolute atomic E-state index is 13.2. The Bertz CT molecular complexity index is 562. The van der Waals surface area contributed by atoms with Crippen molar-refractivity contribution in [3.05, 3.63) is 29.3 Å². The molecule has 20 heavy (non-hydrogen) atoms. The van der Waals surface area contributed by atoms with Crippen molar-refractivity contribution in [1.82, 2.24) is 0 Å². The number of carboxylic acid groups (broad SMARTS) is 1. The molecule has 1 heterocycles. The van der Waals surface area contributed by atoms with Crippen LogP contribution in [0.4, 0.5) is 14.5 Å². The molecular formula is C13H13F2NO4. The van der Waals surface area contributed by atoms with Gasteiger partial charge in [-0.25, -0.2) is 13.6 Å². The van der Waals surface area contributed by atoms with Crippen LogP contribution < -0.4 is 5.32 Å². The predicted octanol–water partition coefficient (Wildman–Crippen LogP) is 2.17. The van der Waals surface area contributed by atoms with Crippen LogP contribution in [0.25, 0.3) is 0 Å². The molecule has 2 atom stereocenters. The van der Waals surface area contributed by atoms with E-state index in [0.717, 1.165) is 0 Å². The quantitative estimate of drug-likeness (QED) is 0.892. The molecule has 1 aromatic rings. The highest BCUT2D eigenvalue weighted by Gasteiger charge is 2.29. The third-order valence-corrected chi connectivity index (χ3v) is 3.07. The lowest BCUT2D eigenvalue weighted by Gasteiger charge is -2.13. The van der Waals surface area contributed by atoms with Crippen molar-refractivity contribution in [1.29, 1.82) is 0 Å². The number of ether oxygens (including phenoxy) is 1. The van der Waals surface area contributed by atoms with Gasteiger partial charge in [0.05, 0.1) is 17.4 Å². The summed E-state index contributed by atoms with van der Waals surface area (Å²) >= 11 is 0. The molecule has 7 heteroatoms. The second-order valence-corrected chi connectivity index (χ2v) is 4.62. The molecule has 0 aromatic heterocycles. The van der Waals surface area contributed by atoms with E-state index in [0.29, 0.717) is 25.0 Å². The molecule has 1 amide bonds. The van der Waals surface area contributed by atoms with E-state index in [2.05, 4.69) is 5.32 Å². The average Bonchev–Trinajstić information content (AvgIpc) is 2.80. The van der Waals surface area contributed by atoms with Gasteiger partial charge in [0.1, 0.15) is 6.10 Å². The van der Waals surface area contributed by atoms with Gasteiger partial charge < -0.3 is 15.2 Å². The summed E-state index contributed by atoms with van der Waals surface area (Å²) in [6.45, 7) is 1.81. The van der Waals surface area contributed by atoms with Gasteiger partial charge in [0, 0.05) is 6.07 Å². The van der Waals surface area contributed by atoms with Crippen LogP contribution in [-0.2, 0) is 9.53 Å². The second kappa shape index (κ2) is 5.54. The monoisotopic (exact) mass is 285 g/mol. The SMILES string of the molecule is CC1CCC(C(=O)Nc2cc(F)c(F)cc2C(=O)O)O1. The topological polar surface area (TPSA) is 75.6 Å². The molecule has 1 aromatic carbocycles. The van der Waals surface area contributed by atoms with E-state index in [4.69, 9.17) is 9.84 Å². The summed E-state index contributed by atoms with van der Waals surface area (Å²) in [5.74, 6) is -4.54. The van der Waals surface area contributed by atoms with Gasteiger partial charge in [-0.05, 0) is 25.8 Å². The van der Waals surface area contributed by atoms with E-state index in [1.54, 1.807) is 0 Å². The Labute approximate surface area is 113 Å². The molecule has 2 N–H and O–H groups in total. The van der Waals surface area contributed by atoms with Crippen LogP contribution in [0.5, 0.6) is 0 Å². The number of hydrogen-bond donors (Lipinski definition) is 2. The van der Waals surface area contributed by atoms with Gasteiger partial charge in [0.2, 0.25) is 0 Å². The summed E-state index contributed by atoms with van der Waals surface area (Å²) in [5, 5.41) is 11.2. The minimum absolute atomic E-state index is 0.0605. The molecule has 0 bridgehead atoms. The predicted molar refractivity (Wildman–Crippen MR) is 65.5 cm³/mol. The molecule has 0 aliphatic carbocycles. The maximum atomic E-state index is 13.2. The minimum Gasteiger partial charge on any atom is -0.478 e. The lowest BCUT2D eigenvalue weighted by Crippen LogP contribution is -2.28. The molecule has 108 valence electrons. The Balaban J connectivity index is 2.22. The van der Waals surface area contributed by atoms with Crippen LogP contribution in [0.1, 0.15) is 30.1 Å². The summed E-state index contributed by atoms with van der Waals surface area (Å²) < 4.78 is 31.5. The van der Waals surface area contributed by atoms with E-state index in [9.17, 15) is 18.4 Å². The van der Waals surface area contributed by atoms with E-state index >= 15 is 0 Å². The van der Waals surface area contributed by atoms with Crippen molar-refractivity contribution in [2.75, 3.05) is 5.32 Å². The molecule has 2 rings (SSSR count). The van der Waals surface area contributed by atoms with Crippen LogP contribution >= 0.6 is 0 Å². The van der Waals surface area contributed by atoms with Crippen LogP contribution in [0.3, 0.4) is 0 Å². The fourth-order valence-electron chi connectivity index (χ4n) is 2.04. The zero-order valence-corrected chi connectivity index (χ0v) is 10.7. The number of benzene rings is 1. The van der Waals surface area contributed by atoms with Crippen molar-refractivity contribution < 1.29 is 28.2 Å². The summed E-state index contributed by atoms with van der Waals surface area (Å²) in [6, 6.07) is 1.18. The number of carboxylic acids is 1. The van der Waals surface area contributed by atoms with Crippen molar-refractivity contribution in [2.24, 2.45) is 0 Å². The van der Waals surface area contributed by atoms with E-state index < -0.39 is 35.2 Å². The summed E-state index contributed by atoms with van der Waals surface area (Å²) in [7, 11) is 0. The summed E-state index contributed by atoms with van der Waals surface area (Å²) in [6.07, 6.45) is 0.440. The van der Waals surface area contributed by atoms with Crippen molar-refractivity contribution in [2.45, 2.75) is 32.0 Å². The standard InChI is InChI=1S/C13H13F2NO4/c1-6-2-3-11(20-6)12(17)16-10-5-9(15)8(14)4-7(10)13(18)19/h4-6,11H,2-3H2,1H3,(H,16,17)(H,18,19). The normalized spacial score (nSPS) is 21.8. The number of amides is 1. The Morgan fingerprint density at radius 3 is 2.50 bits per heavy atom. The van der Waals surface area contributed by atoms with Gasteiger partial charge in [-0.3, -0.25) is 4.79 Å². The number of carbonyl (C=O) groups is 2. The lowest BCUT2D eigenvalue weighted by molar-refractivity contribution is -0.126. The maximum Gasteiger partial charge on any atom is 0.337 e. The highest BCUT2D eigenvalue weighted by Crippen LogP contribution is 2.24. The molecular weight excluding hydrogens is 272 g/mol. The Morgan fingerprint density at radius 2 is 1.95 bits per heavy atom. The van der Waals surface area contributed by atoms with Gasteiger partial charge in [-0.15, -0.1) is 0 Å². The highest BCUT2D eigenvalue weighted by molar-refractivity contribution is 6.01. The van der Waals surface area contributed by atoms with Crippen LogP contribution in [0.15, 0.2) is 12.1 Å². The molecule has 0 spiro atoms. The zero-order valence-electron chi connectivity index (χ0n) is 10.7. The number of hydrogen-bond acceptors (Lipinski definition) is 3. The Morgan fingerprint density at radius 1 is 1.30 bits per heavy atom. The number of carbonyl (C=O) groups excluding carboxylic acids is 1. The number of aromatic carboxylic acids is 1. The van der Waals surface area contributed by atoms with E-state index in [1.807, 2.05) is 6.92 Å². The third-order valence-electron chi connectivity index (χ3n) is 3.07. The van der Waals surface area contributed by atoms with Crippen LogP contribution in [0, 0.1) is 11.6 Å². The number of rotatable bonds is 3. The molecule has 2 unspecified atom stereocenters. The molecule has 1 aliphatic rings. The second-order valence-electron chi connectivity index (χ2n) is 4.62. The Hall–Kier alpha value is -2.02. The molecule has 1 fully saturated rings. The molecule has 5 nitrogen and oxygen atoms in total. The average molecular weight is 285 g/mol. The minimum atomic E-state index is -1.46. The molecule has 1 aliphatic heterocycles. The van der Waals surface area contributed by atoms with Gasteiger partial charge in [0.15, 0.2) is 11.6 Å². The largest absolute Gasteiger partial charge is 0.478 e. The van der Waals surface area contributed by atoms with Crippen LogP contribution in [-0.4, -0.2) is 29.2 Å². The fourth-order valence-corrected chi connectivity index (χ4v) is 2.04. The van der Waals surface area contributed by atoms with Crippen LogP contribution in [0.2, 0.25) is 0 Å². The van der Waals surface area contributed by atoms with Crippen molar-refractivity contribution >= 4 is 17.6 Å². The van der Waals surface area contributed by atoms with Gasteiger partial charge in [0.25, 0.3) is 5.91 Å². The lowest BCUT2D eigenvalue weighted by atomic mass is 10.1. The van der Waals surface area contributed by atoms with Crippen molar-refractivity contribution in [3.63, 3.8) is 0 Å². The first kappa shape index (κ1) is 14.4. The summed E-state index contributed by atoms with van der Waals surface area (Å²) in [5.41, 5.74) is -0.798. The first-order valence-corrected chi connectivity index (χ1v) is 6.07. The molecule has 0 saturated carbocycles. The number of halogens is 2. The van der Waals surface area contributed by atoms with E-state index in [-0.39, 0.29) is 11.8 Å². The number of nitrogens with one attached hydrogen (secondary N) is 1.